The van der Waals surface area contributed by atoms with E-state index >= 15 is 0 Å². The van der Waals surface area contributed by atoms with Crippen molar-refractivity contribution in [3.05, 3.63) is 47.3 Å². The van der Waals surface area contributed by atoms with Gasteiger partial charge in [0.2, 0.25) is 0 Å². The summed E-state index contributed by atoms with van der Waals surface area (Å²) in [6, 6.07) is 9.02. The quantitative estimate of drug-likeness (QED) is 0.770. The Kier molecular flexibility index (Phi) is 4.23. The fraction of sp³-hybridized carbons (Fsp3) is 0.353. The summed E-state index contributed by atoms with van der Waals surface area (Å²) >= 11 is 0. The second-order valence-corrected chi connectivity index (χ2v) is 7.79. The van der Waals surface area contributed by atoms with Crippen molar-refractivity contribution in [3.8, 4) is 0 Å². The van der Waals surface area contributed by atoms with E-state index in [0.717, 1.165) is 27.9 Å². The van der Waals surface area contributed by atoms with Gasteiger partial charge in [0.05, 0.1) is 5.69 Å². The minimum atomic E-state index is -3.62. The van der Waals surface area contributed by atoms with Crippen LogP contribution in [0.1, 0.15) is 23.9 Å². The lowest BCUT2D eigenvalue weighted by Gasteiger charge is -2.14. The molecule has 128 valence electrons. The summed E-state index contributed by atoms with van der Waals surface area (Å²) < 4.78 is 35.1. The highest BCUT2D eigenvalue weighted by Crippen LogP contribution is 2.22. The molecule has 3 rings (SSSR count). The van der Waals surface area contributed by atoms with Crippen molar-refractivity contribution in [3.63, 3.8) is 0 Å². The third-order valence-corrected chi connectivity index (χ3v) is 5.89. The Morgan fingerprint density at radius 3 is 2.62 bits per heavy atom. The van der Waals surface area contributed by atoms with Gasteiger partial charge in [-0.1, -0.05) is 23.4 Å². The molecule has 3 aromatic rings. The Labute approximate surface area is 141 Å². The molecule has 0 aliphatic carbocycles. The van der Waals surface area contributed by atoms with E-state index in [1.54, 1.807) is 17.7 Å². The molecule has 1 N–H and O–H groups in total. The number of benzene rings is 1. The number of hydrogen-bond donors (Lipinski definition) is 1. The number of aromatic nitrogens is 2. The molecule has 2 heterocycles. The van der Waals surface area contributed by atoms with Crippen LogP contribution in [0.4, 0.5) is 0 Å². The van der Waals surface area contributed by atoms with Gasteiger partial charge in [-0.25, -0.2) is 13.1 Å². The molecular weight excluding hydrogens is 326 g/mol. The van der Waals surface area contributed by atoms with Crippen LogP contribution in [0.2, 0.25) is 0 Å². The second kappa shape index (κ2) is 6.07. The largest absolute Gasteiger partial charge is 0.361 e. The maximum absolute atomic E-state index is 12.8. The van der Waals surface area contributed by atoms with Gasteiger partial charge in [0, 0.05) is 29.6 Å². The van der Waals surface area contributed by atoms with Crippen LogP contribution < -0.4 is 4.72 Å². The van der Waals surface area contributed by atoms with Crippen molar-refractivity contribution in [2.45, 2.75) is 38.3 Å². The molecule has 1 unspecified atom stereocenters. The average Bonchev–Trinajstić information content (AvgIpc) is 3.02. The summed E-state index contributed by atoms with van der Waals surface area (Å²) in [5.74, 6) is 0.725. The summed E-state index contributed by atoms with van der Waals surface area (Å²) in [5, 5.41) is 5.07. The Balaban J connectivity index is 1.86. The SMILES string of the molecule is Cc1noc(C)c1CC(C)NS(=O)(=O)c1cc2ccccc2n1C. The standard InChI is InChI=1S/C17H21N3O3S/c1-11(9-15-12(2)18-23-13(15)3)19-24(21,22)17-10-14-7-5-6-8-16(14)20(17)4/h5-8,10-11,19H,9H2,1-4H3. The zero-order valence-corrected chi connectivity index (χ0v) is 15.0. The fourth-order valence-electron chi connectivity index (χ4n) is 2.99. The molecule has 0 saturated carbocycles. The minimum Gasteiger partial charge on any atom is -0.361 e. The van der Waals surface area contributed by atoms with Crippen LogP contribution >= 0.6 is 0 Å². The van der Waals surface area contributed by atoms with E-state index in [2.05, 4.69) is 9.88 Å². The number of nitrogens with one attached hydrogen (secondary N) is 1. The summed E-state index contributed by atoms with van der Waals surface area (Å²) in [5.41, 5.74) is 2.63. The number of sulfonamides is 1. The summed E-state index contributed by atoms with van der Waals surface area (Å²) in [7, 11) is -1.86. The molecule has 0 amide bonds. The van der Waals surface area contributed by atoms with Crippen LogP contribution in [-0.4, -0.2) is 24.2 Å². The van der Waals surface area contributed by atoms with Gasteiger partial charge >= 0.3 is 0 Å². The molecule has 0 radical (unpaired) electrons. The van der Waals surface area contributed by atoms with Crippen molar-refractivity contribution < 1.29 is 12.9 Å². The lowest BCUT2D eigenvalue weighted by atomic mass is 10.1. The van der Waals surface area contributed by atoms with Crippen LogP contribution in [-0.2, 0) is 23.5 Å². The van der Waals surface area contributed by atoms with Gasteiger partial charge < -0.3 is 9.09 Å². The molecule has 6 nitrogen and oxygen atoms in total. The number of rotatable bonds is 5. The zero-order valence-electron chi connectivity index (χ0n) is 14.2. The fourth-order valence-corrected chi connectivity index (χ4v) is 4.46. The highest BCUT2D eigenvalue weighted by Gasteiger charge is 2.23. The zero-order chi connectivity index (χ0) is 17.5. The monoisotopic (exact) mass is 347 g/mol. The van der Waals surface area contributed by atoms with E-state index in [-0.39, 0.29) is 11.1 Å². The van der Waals surface area contributed by atoms with Gasteiger partial charge in [0.1, 0.15) is 5.76 Å². The normalized spacial score (nSPS) is 13.5. The molecular formula is C17H21N3O3S. The highest BCUT2D eigenvalue weighted by molar-refractivity contribution is 7.89. The molecule has 0 spiro atoms. The maximum Gasteiger partial charge on any atom is 0.256 e. The number of fused-ring (bicyclic) bond motifs is 1. The van der Waals surface area contributed by atoms with Gasteiger partial charge in [0.25, 0.3) is 10.0 Å². The Hall–Kier alpha value is -2.12. The maximum atomic E-state index is 12.8. The molecule has 1 aromatic carbocycles. The predicted octanol–water partition coefficient (Wildman–Crippen LogP) is 2.69. The molecule has 2 aromatic heterocycles. The van der Waals surface area contributed by atoms with Crippen LogP contribution in [0.25, 0.3) is 10.9 Å². The molecule has 0 fully saturated rings. The van der Waals surface area contributed by atoms with Gasteiger partial charge in [0.15, 0.2) is 5.03 Å². The van der Waals surface area contributed by atoms with Crippen LogP contribution in [0, 0.1) is 13.8 Å². The first-order valence-electron chi connectivity index (χ1n) is 7.78. The first kappa shape index (κ1) is 16.7. The van der Waals surface area contributed by atoms with Crippen molar-refractivity contribution >= 4 is 20.9 Å². The molecule has 24 heavy (non-hydrogen) atoms. The van der Waals surface area contributed by atoms with E-state index in [0.29, 0.717) is 6.42 Å². The molecule has 0 bridgehead atoms. The van der Waals surface area contributed by atoms with Gasteiger partial charge in [-0.3, -0.25) is 0 Å². The van der Waals surface area contributed by atoms with Crippen LogP contribution in [0.5, 0.6) is 0 Å². The Morgan fingerprint density at radius 2 is 2.00 bits per heavy atom. The van der Waals surface area contributed by atoms with E-state index in [4.69, 9.17) is 4.52 Å². The van der Waals surface area contributed by atoms with E-state index in [1.807, 2.05) is 45.0 Å². The molecule has 0 saturated heterocycles. The molecule has 0 aliphatic heterocycles. The number of nitrogens with zero attached hydrogens (tertiary/aromatic N) is 2. The van der Waals surface area contributed by atoms with Gasteiger partial charge in [-0.2, -0.15) is 0 Å². The van der Waals surface area contributed by atoms with Gasteiger partial charge in [-0.05, 0) is 39.3 Å². The van der Waals surface area contributed by atoms with Crippen molar-refractivity contribution in [1.29, 1.82) is 0 Å². The topological polar surface area (TPSA) is 77.1 Å². The molecule has 0 aliphatic rings. The molecule has 1 atom stereocenters. The third-order valence-electron chi connectivity index (χ3n) is 4.23. The highest BCUT2D eigenvalue weighted by atomic mass is 32.2. The van der Waals surface area contributed by atoms with Gasteiger partial charge in [-0.15, -0.1) is 0 Å². The Bertz CT molecular complexity index is 966. The third kappa shape index (κ3) is 2.97. The Morgan fingerprint density at radius 1 is 1.29 bits per heavy atom. The molecule has 7 heteroatoms. The number of aryl methyl sites for hydroxylation is 3. The second-order valence-electron chi connectivity index (χ2n) is 6.13. The number of para-hydroxylation sites is 1. The van der Waals surface area contributed by atoms with Crippen molar-refractivity contribution in [2.24, 2.45) is 7.05 Å². The van der Waals surface area contributed by atoms with E-state index < -0.39 is 10.0 Å². The van der Waals surface area contributed by atoms with Crippen LogP contribution in [0.15, 0.2) is 39.9 Å². The first-order valence-corrected chi connectivity index (χ1v) is 9.26. The van der Waals surface area contributed by atoms with E-state index in [9.17, 15) is 8.42 Å². The lowest BCUT2D eigenvalue weighted by Crippen LogP contribution is -2.35. The summed E-state index contributed by atoms with van der Waals surface area (Å²) in [6.45, 7) is 5.53. The first-order chi connectivity index (χ1) is 11.3. The smallest absolute Gasteiger partial charge is 0.256 e. The van der Waals surface area contributed by atoms with E-state index in [1.165, 1.54) is 0 Å². The minimum absolute atomic E-state index is 0.259. The van der Waals surface area contributed by atoms with Crippen molar-refractivity contribution in [2.75, 3.05) is 0 Å². The predicted molar refractivity (Wildman–Crippen MR) is 92.4 cm³/mol. The lowest BCUT2D eigenvalue weighted by molar-refractivity contribution is 0.392. The average molecular weight is 347 g/mol. The van der Waals surface area contributed by atoms with Crippen molar-refractivity contribution in [1.82, 2.24) is 14.4 Å². The van der Waals surface area contributed by atoms with Crippen LogP contribution in [0.3, 0.4) is 0 Å². The number of hydrogen-bond acceptors (Lipinski definition) is 4. The summed E-state index contributed by atoms with van der Waals surface area (Å²) in [4.78, 5) is 0. The summed E-state index contributed by atoms with van der Waals surface area (Å²) in [6.07, 6.45) is 0.532.